The third-order valence-corrected chi connectivity index (χ3v) is 5.64. The number of pyridine rings is 1. The number of anilines is 1. The number of hydrogen-bond donors (Lipinski definition) is 3. The summed E-state index contributed by atoms with van der Waals surface area (Å²) < 4.78 is 21.5. The van der Waals surface area contributed by atoms with Gasteiger partial charge in [0, 0.05) is 59.3 Å². The summed E-state index contributed by atoms with van der Waals surface area (Å²) in [5, 5.41) is 3.35. The number of hydrogen-bond acceptors (Lipinski definition) is 7. The highest BCUT2D eigenvalue weighted by Gasteiger charge is 2.18. The largest absolute Gasteiger partial charge is 0.494 e. The standard InChI is InChI=1S/C23H26FN7O2.2H2/c1-14-7-17(24)16(23(26)32)8-18(14)28-11-15(10-25)19-12-29-22-9-21(33-2)20(13-31(19)22)30-5-3-27-4-6-30;;/h7-13,27H,3-6,25H2,1-2H3,(H2,26,32);2*1H/b15-10+,28-11?;;. The number of carbonyl (C=O) groups excluding carboxylic acids is 1. The summed E-state index contributed by atoms with van der Waals surface area (Å²) in [7, 11) is 1.64. The molecule has 0 bridgehead atoms. The number of carbonyl (C=O) groups is 1. The number of nitrogens with two attached hydrogens (primary N) is 2. The van der Waals surface area contributed by atoms with E-state index in [0.717, 1.165) is 43.3 Å². The second-order valence-electron chi connectivity index (χ2n) is 7.70. The van der Waals surface area contributed by atoms with Crippen molar-refractivity contribution in [2.45, 2.75) is 6.92 Å². The maximum Gasteiger partial charge on any atom is 0.251 e. The molecule has 0 radical (unpaired) electrons. The number of halogens is 1. The zero-order valence-corrected chi connectivity index (χ0v) is 18.5. The van der Waals surface area contributed by atoms with E-state index in [1.54, 1.807) is 26.4 Å². The summed E-state index contributed by atoms with van der Waals surface area (Å²) >= 11 is 0. The fraction of sp³-hybridized carbons (Fsp3) is 0.261. The Bertz CT molecular complexity index is 1270. The molecular weight excluding hydrogens is 425 g/mol. The normalized spacial score (nSPS) is 14.9. The number of rotatable bonds is 6. The van der Waals surface area contributed by atoms with Gasteiger partial charge in [0.2, 0.25) is 0 Å². The number of fused-ring (bicyclic) bond motifs is 1. The van der Waals surface area contributed by atoms with Crippen molar-refractivity contribution >= 4 is 34.7 Å². The Kier molecular flexibility index (Phi) is 6.27. The van der Waals surface area contributed by atoms with Gasteiger partial charge in [-0.15, -0.1) is 0 Å². The fourth-order valence-corrected chi connectivity index (χ4v) is 3.84. The Hall–Kier alpha value is -3.92. The number of amides is 1. The van der Waals surface area contributed by atoms with E-state index in [0.29, 0.717) is 22.5 Å². The Labute approximate surface area is 193 Å². The zero-order valence-electron chi connectivity index (χ0n) is 18.5. The number of aryl methyl sites for hydroxylation is 1. The first kappa shape index (κ1) is 22.3. The van der Waals surface area contributed by atoms with E-state index < -0.39 is 11.7 Å². The molecule has 4 rings (SSSR count). The summed E-state index contributed by atoms with van der Waals surface area (Å²) in [5.74, 6) is -0.783. The molecule has 33 heavy (non-hydrogen) atoms. The predicted octanol–water partition coefficient (Wildman–Crippen LogP) is 2.49. The third-order valence-electron chi connectivity index (χ3n) is 5.64. The first-order valence-corrected chi connectivity index (χ1v) is 10.5. The van der Waals surface area contributed by atoms with E-state index in [-0.39, 0.29) is 8.42 Å². The number of imidazole rings is 1. The first-order chi connectivity index (χ1) is 15.9. The lowest BCUT2D eigenvalue weighted by Crippen LogP contribution is -2.43. The van der Waals surface area contributed by atoms with Gasteiger partial charge in [0.05, 0.1) is 35.9 Å². The number of nitrogens with one attached hydrogen (secondary N) is 1. The molecule has 0 spiro atoms. The number of nitrogens with zero attached hydrogens (tertiary/aromatic N) is 4. The second-order valence-corrected chi connectivity index (χ2v) is 7.70. The average molecular weight is 456 g/mol. The van der Waals surface area contributed by atoms with Gasteiger partial charge in [-0.2, -0.15) is 0 Å². The molecule has 5 N–H and O–H groups in total. The lowest BCUT2D eigenvalue weighted by atomic mass is 10.1. The Balaban J connectivity index is 0.00000216. The van der Waals surface area contributed by atoms with Crippen LogP contribution in [-0.2, 0) is 0 Å². The third kappa shape index (κ3) is 4.37. The van der Waals surface area contributed by atoms with Gasteiger partial charge in [-0.1, -0.05) is 0 Å². The van der Waals surface area contributed by atoms with Crippen LogP contribution in [0.5, 0.6) is 5.75 Å². The molecule has 10 heteroatoms. The molecule has 0 unspecified atom stereocenters. The number of primary amides is 1. The number of methoxy groups -OCH3 is 1. The predicted molar refractivity (Wildman–Crippen MR) is 131 cm³/mol. The van der Waals surface area contributed by atoms with Crippen LogP contribution >= 0.6 is 0 Å². The molecule has 1 amide bonds. The molecule has 0 aliphatic carbocycles. The SMILES string of the molecule is COc1cc2ncc(/C(C=Nc3cc(C(N)=O)c(F)cc3C)=C/N)n2cc1N1CCNCC1.[HH].[HH]. The van der Waals surface area contributed by atoms with Crippen molar-refractivity contribution in [3.8, 4) is 5.75 Å². The minimum absolute atomic E-state index is 0. The highest BCUT2D eigenvalue weighted by atomic mass is 19.1. The molecule has 0 atom stereocenters. The molecule has 1 aromatic carbocycles. The number of allylic oxidation sites excluding steroid dienone is 1. The van der Waals surface area contributed by atoms with Crippen LogP contribution in [0.1, 0.15) is 24.5 Å². The van der Waals surface area contributed by atoms with Gasteiger partial charge in [0.25, 0.3) is 5.91 Å². The molecule has 9 nitrogen and oxygen atoms in total. The quantitative estimate of drug-likeness (QED) is 0.491. The Morgan fingerprint density at radius 2 is 2.09 bits per heavy atom. The molecule has 1 aliphatic heterocycles. The van der Waals surface area contributed by atoms with Gasteiger partial charge < -0.3 is 26.4 Å². The van der Waals surface area contributed by atoms with Crippen molar-refractivity contribution in [3.05, 3.63) is 59.4 Å². The number of piperazine rings is 1. The minimum atomic E-state index is -0.852. The van der Waals surface area contributed by atoms with Crippen molar-refractivity contribution in [2.75, 3.05) is 38.2 Å². The van der Waals surface area contributed by atoms with Gasteiger partial charge in [0.1, 0.15) is 17.2 Å². The van der Waals surface area contributed by atoms with Gasteiger partial charge >= 0.3 is 0 Å². The van der Waals surface area contributed by atoms with Crippen LogP contribution in [-0.4, -0.2) is 54.8 Å². The minimum Gasteiger partial charge on any atom is -0.494 e. The smallest absolute Gasteiger partial charge is 0.251 e. The van der Waals surface area contributed by atoms with Crippen LogP contribution < -0.4 is 26.4 Å². The summed E-state index contributed by atoms with van der Waals surface area (Å²) in [6.07, 6.45) is 6.67. The zero-order chi connectivity index (χ0) is 23.5. The van der Waals surface area contributed by atoms with Crippen molar-refractivity contribution in [1.82, 2.24) is 14.7 Å². The molecule has 1 saturated heterocycles. The Morgan fingerprint density at radius 1 is 1.33 bits per heavy atom. The monoisotopic (exact) mass is 455 g/mol. The van der Waals surface area contributed by atoms with Crippen molar-refractivity contribution in [2.24, 2.45) is 16.5 Å². The maximum absolute atomic E-state index is 14.0. The lowest BCUT2D eigenvalue weighted by molar-refractivity contribution is 0.0996. The fourth-order valence-electron chi connectivity index (χ4n) is 3.84. The van der Waals surface area contributed by atoms with E-state index in [1.807, 2.05) is 16.7 Å². The highest BCUT2D eigenvalue weighted by molar-refractivity contribution is 6.10. The molecule has 1 aliphatic rings. The molecule has 1 fully saturated rings. The van der Waals surface area contributed by atoms with Crippen LogP contribution in [0.15, 0.2) is 41.8 Å². The van der Waals surface area contributed by atoms with Gasteiger partial charge in [-0.05, 0) is 24.6 Å². The lowest BCUT2D eigenvalue weighted by Gasteiger charge is -2.30. The summed E-state index contributed by atoms with van der Waals surface area (Å²) in [6.45, 7) is 5.20. The molecule has 176 valence electrons. The Morgan fingerprint density at radius 3 is 2.76 bits per heavy atom. The number of ether oxygens (including phenoxy) is 1. The van der Waals surface area contributed by atoms with E-state index in [9.17, 15) is 9.18 Å². The molecule has 3 aromatic rings. The molecule has 3 heterocycles. The van der Waals surface area contributed by atoms with Crippen molar-refractivity contribution in [3.63, 3.8) is 0 Å². The van der Waals surface area contributed by atoms with Crippen LogP contribution in [0.2, 0.25) is 0 Å². The summed E-state index contributed by atoms with van der Waals surface area (Å²) in [5.41, 5.74) is 14.9. The topological polar surface area (TPSA) is 123 Å². The number of benzene rings is 1. The molecule has 2 aromatic heterocycles. The van der Waals surface area contributed by atoms with Crippen LogP contribution in [0, 0.1) is 12.7 Å². The van der Waals surface area contributed by atoms with E-state index in [2.05, 4.69) is 20.2 Å². The van der Waals surface area contributed by atoms with Gasteiger partial charge in [-0.25, -0.2) is 9.37 Å². The highest BCUT2D eigenvalue weighted by Crippen LogP contribution is 2.31. The number of aromatic nitrogens is 2. The van der Waals surface area contributed by atoms with Crippen LogP contribution in [0.3, 0.4) is 0 Å². The summed E-state index contributed by atoms with van der Waals surface area (Å²) in [6, 6.07) is 4.45. The van der Waals surface area contributed by atoms with E-state index in [1.165, 1.54) is 18.3 Å². The maximum atomic E-state index is 14.0. The van der Waals surface area contributed by atoms with Crippen molar-refractivity contribution in [1.29, 1.82) is 0 Å². The van der Waals surface area contributed by atoms with E-state index in [4.69, 9.17) is 16.2 Å². The van der Waals surface area contributed by atoms with Crippen molar-refractivity contribution < 1.29 is 16.8 Å². The average Bonchev–Trinajstić information content (AvgIpc) is 3.23. The van der Waals surface area contributed by atoms with Gasteiger partial charge in [-0.3, -0.25) is 14.2 Å². The van der Waals surface area contributed by atoms with Gasteiger partial charge in [0.15, 0.2) is 0 Å². The van der Waals surface area contributed by atoms with Crippen LogP contribution in [0.4, 0.5) is 15.8 Å². The second kappa shape index (κ2) is 9.29. The first-order valence-electron chi connectivity index (χ1n) is 10.5. The summed E-state index contributed by atoms with van der Waals surface area (Å²) in [4.78, 5) is 22.7. The van der Waals surface area contributed by atoms with E-state index >= 15 is 0 Å². The number of aliphatic imine (C=N–C) groups is 1. The molecular formula is C23H30FN7O2. The molecule has 0 saturated carbocycles. The van der Waals surface area contributed by atoms with Crippen LogP contribution in [0.25, 0.3) is 11.2 Å².